The molecule has 0 amide bonds. The summed E-state index contributed by atoms with van der Waals surface area (Å²) in [6.07, 6.45) is -0.702. The molecular formula is C9H5F2NO2. The number of hydrogen-bond donors (Lipinski definition) is 1. The predicted octanol–water partition coefficient (Wildman–Crippen LogP) is 1.46. The Bertz CT molecular complexity index is 424. The lowest BCUT2D eigenvalue weighted by Gasteiger charge is -2.02. The van der Waals surface area contributed by atoms with E-state index in [1.807, 2.05) is 0 Å². The van der Waals surface area contributed by atoms with Crippen molar-refractivity contribution >= 4 is 5.97 Å². The molecule has 0 atom stereocenters. The molecule has 3 nitrogen and oxygen atoms in total. The van der Waals surface area contributed by atoms with Gasteiger partial charge in [0.2, 0.25) is 0 Å². The van der Waals surface area contributed by atoms with Gasteiger partial charge < -0.3 is 5.11 Å². The van der Waals surface area contributed by atoms with Crippen LogP contribution in [0.4, 0.5) is 8.78 Å². The smallest absolute Gasteiger partial charge is 0.307 e. The Kier molecular flexibility index (Phi) is 2.77. The van der Waals surface area contributed by atoms with Crippen molar-refractivity contribution in [3.63, 3.8) is 0 Å². The number of carboxylic acids is 1. The Hall–Kier alpha value is -1.96. The SMILES string of the molecule is N#Cc1c(F)ccc(F)c1CC(=O)O. The Morgan fingerprint density at radius 2 is 2.00 bits per heavy atom. The maximum Gasteiger partial charge on any atom is 0.307 e. The van der Waals surface area contributed by atoms with Crippen molar-refractivity contribution in [1.82, 2.24) is 0 Å². The van der Waals surface area contributed by atoms with Crippen molar-refractivity contribution in [1.29, 1.82) is 5.26 Å². The van der Waals surface area contributed by atoms with Gasteiger partial charge >= 0.3 is 5.97 Å². The summed E-state index contributed by atoms with van der Waals surface area (Å²) >= 11 is 0. The van der Waals surface area contributed by atoms with Gasteiger partial charge in [-0.25, -0.2) is 8.78 Å². The third kappa shape index (κ3) is 1.85. The van der Waals surface area contributed by atoms with Gasteiger partial charge in [0, 0.05) is 5.56 Å². The molecule has 0 aliphatic carbocycles. The average Bonchev–Trinajstić information content (AvgIpc) is 2.11. The summed E-state index contributed by atoms with van der Waals surface area (Å²) in [5.41, 5.74) is -0.965. The maximum atomic E-state index is 13.0. The third-order valence-electron chi connectivity index (χ3n) is 1.64. The standard InChI is InChI=1S/C9H5F2NO2/c10-7-1-2-8(11)6(4-12)5(7)3-9(13)14/h1-2H,3H2,(H,13,14). The van der Waals surface area contributed by atoms with E-state index in [1.54, 1.807) is 0 Å². The van der Waals surface area contributed by atoms with Crippen LogP contribution >= 0.6 is 0 Å². The maximum absolute atomic E-state index is 13.0. The molecule has 1 rings (SSSR count). The summed E-state index contributed by atoms with van der Waals surface area (Å²) < 4.78 is 25.9. The van der Waals surface area contributed by atoms with Crippen LogP contribution in [0.2, 0.25) is 0 Å². The van der Waals surface area contributed by atoms with Crippen LogP contribution in [0.3, 0.4) is 0 Å². The van der Waals surface area contributed by atoms with E-state index in [9.17, 15) is 13.6 Å². The molecule has 1 aromatic rings. The number of carbonyl (C=O) groups is 1. The number of halogens is 2. The number of nitrogens with zero attached hydrogens (tertiary/aromatic N) is 1. The highest BCUT2D eigenvalue weighted by Crippen LogP contribution is 2.17. The van der Waals surface area contributed by atoms with Crippen LogP contribution in [0, 0.1) is 23.0 Å². The van der Waals surface area contributed by atoms with E-state index < -0.39 is 35.2 Å². The number of hydrogen-bond acceptors (Lipinski definition) is 2. The molecule has 0 aromatic heterocycles. The number of carboxylic acid groups (broad SMARTS) is 1. The minimum atomic E-state index is -1.31. The summed E-state index contributed by atoms with van der Waals surface area (Å²) in [7, 11) is 0. The van der Waals surface area contributed by atoms with Crippen LogP contribution in [-0.2, 0) is 11.2 Å². The molecule has 72 valence electrons. The summed E-state index contributed by atoms with van der Waals surface area (Å²) in [5, 5.41) is 16.9. The normalized spacial score (nSPS) is 9.50. The zero-order valence-electron chi connectivity index (χ0n) is 6.92. The van der Waals surface area contributed by atoms with Gasteiger partial charge in [-0.05, 0) is 12.1 Å². The Labute approximate surface area is 78.2 Å². The fourth-order valence-electron chi connectivity index (χ4n) is 1.04. The van der Waals surface area contributed by atoms with Crippen LogP contribution < -0.4 is 0 Å². The highest BCUT2D eigenvalue weighted by Gasteiger charge is 2.15. The van der Waals surface area contributed by atoms with Crippen LogP contribution in [0.15, 0.2) is 12.1 Å². The van der Waals surface area contributed by atoms with E-state index >= 15 is 0 Å². The lowest BCUT2D eigenvalue weighted by atomic mass is 10.0. The van der Waals surface area contributed by atoms with Gasteiger partial charge in [-0.3, -0.25) is 4.79 Å². The average molecular weight is 197 g/mol. The van der Waals surface area contributed by atoms with Gasteiger partial charge in [-0.1, -0.05) is 0 Å². The lowest BCUT2D eigenvalue weighted by molar-refractivity contribution is -0.136. The minimum Gasteiger partial charge on any atom is -0.481 e. The first-order chi connectivity index (χ1) is 6.56. The van der Waals surface area contributed by atoms with Crippen LogP contribution in [-0.4, -0.2) is 11.1 Å². The quantitative estimate of drug-likeness (QED) is 0.780. The summed E-state index contributed by atoms with van der Waals surface area (Å²) in [6.45, 7) is 0. The van der Waals surface area contributed by atoms with E-state index in [4.69, 9.17) is 10.4 Å². The van der Waals surface area contributed by atoms with Crippen LogP contribution in [0.1, 0.15) is 11.1 Å². The molecule has 1 aromatic carbocycles. The van der Waals surface area contributed by atoms with Crippen molar-refractivity contribution in [2.45, 2.75) is 6.42 Å². The summed E-state index contributed by atoms with van der Waals surface area (Å²) in [5.74, 6) is -3.11. The zero-order chi connectivity index (χ0) is 10.7. The van der Waals surface area contributed by atoms with E-state index in [0.717, 1.165) is 12.1 Å². The monoisotopic (exact) mass is 197 g/mol. The largest absolute Gasteiger partial charge is 0.481 e. The second kappa shape index (κ2) is 3.83. The molecule has 1 N–H and O–H groups in total. The van der Waals surface area contributed by atoms with Crippen LogP contribution in [0.5, 0.6) is 0 Å². The molecule has 0 aliphatic rings. The number of nitriles is 1. The highest BCUT2D eigenvalue weighted by molar-refractivity contribution is 5.71. The zero-order valence-corrected chi connectivity index (χ0v) is 6.92. The molecule has 14 heavy (non-hydrogen) atoms. The van der Waals surface area contributed by atoms with E-state index in [1.165, 1.54) is 6.07 Å². The Morgan fingerprint density at radius 1 is 1.43 bits per heavy atom. The second-order valence-corrected chi connectivity index (χ2v) is 2.57. The first-order valence-corrected chi connectivity index (χ1v) is 3.65. The van der Waals surface area contributed by atoms with Gasteiger partial charge in [0.25, 0.3) is 0 Å². The number of benzene rings is 1. The lowest BCUT2D eigenvalue weighted by Crippen LogP contribution is -2.06. The summed E-state index contributed by atoms with van der Waals surface area (Å²) in [4.78, 5) is 10.3. The minimum absolute atomic E-state index is 0.417. The van der Waals surface area contributed by atoms with Gasteiger partial charge in [0.1, 0.15) is 17.7 Å². The van der Waals surface area contributed by atoms with Crippen molar-refractivity contribution in [3.8, 4) is 6.07 Å². The van der Waals surface area contributed by atoms with Gasteiger partial charge in [-0.2, -0.15) is 5.26 Å². The van der Waals surface area contributed by atoms with E-state index in [2.05, 4.69) is 0 Å². The highest BCUT2D eigenvalue weighted by atomic mass is 19.1. The van der Waals surface area contributed by atoms with E-state index in [0.29, 0.717) is 0 Å². The molecule has 0 unspecified atom stereocenters. The molecule has 0 saturated heterocycles. The fraction of sp³-hybridized carbons (Fsp3) is 0.111. The summed E-state index contributed by atoms with van der Waals surface area (Å²) in [6, 6.07) is 3.02. The number of rotatable bonds is 2. The molecule has 0 fully saturated rings. The fourth-order valence-corrected chi connectivity index (χ4v) is 1.04. The number of aliphatic carboxylic acids is 1. The molecule has 0 heterocycles. The van der Waals surface area contributed by atoms with E-state index in [-0.39, 0.29) is 0 Å². The van der Waals surface area contributed by atoms with Gasteiger partial charge in [0.15, 0.2) is 0 Å². The molecular weight excluding hydrogens is 192 g/mol. The molecule has 0 aliphatic heterocycles. The van der Waals surface area contributed by atoms with Crippen LogP contribution in [0.25, 0.3) is 0 Å². The molecule has 5 heteroatoms. The first kappa shape index (κ1) is 10.1. The third-order valence-corrected chi connectivity index (χ3v) is 1.64. The molecule has 0 saturated carbocycles. The van der Waals surface area contributed by atoms with Gasteiger partial charge in [-0.15, -0.1) is 0 Å². The van der Waals surface area contributed by atoms with Crippen molar-refractivity contribution in [2.75, 3.05) is 0 Å². The topological polar surface area (TPSA) is 61.1 Å². The first-order valence-electron chi connectivity index (χ1n) is 3.65. The van der Waals surface area contributed by atoms with Gasteiger partial charge in [0.05, 0.1) is 12.0 Å². The Balaban J connectivity index is 3.31. The second-order valence-electron chi connectivity index (χ2n) is 2.57. The molecule has 0 radical (unpaired) electrons. The Morgan fingerprint density at radius 3 is 2.50 bits per heavy atom. The predicted molar refractivity (Wildman–Crippen MR) is 42.4 cm³/mol. The molecule has 0 bridgehead atoms. The van der Waals surface area contributed by atoms with Crippen molar-refractivity contribution in [2.24, 2.45) is 0 Å². The van der Waals surface area contributed by atoms with Crippen molar-refractivity contribution in [3.05, 3.63) is 34.9 Å². The van der Waals surface area contributed by atoms with Crippen molar-refractivity contribution < 1.29 is 18.7 Å². The molecule has 0 spiro atoms.